The first-order chi connectivity index (χ1) is 12.6. The minimum absolute atomic E-state index is 0. The summed E-state index contributed by atoms with van der Waals surface area (Å²) in [4.78, 5) is 26.3. The van der Waals surface area contributed by atoms with Crippen molar-refractivity contribution < 1.29 is 9.59 Å². The summed E-state index contributed by atoms with van der Waals surface area (Å²) in [6, 6.07) is 17.2. The lowest BCUT2D eigenvalue weighted by molar-refractivity contribution is -0.123. The van der Waals surface area contributed by atoms with Crippen LogP contribution in [0.25, 0.3) is 0 Å². The molecule has 1 aliphatic rings. The van der Waals surface area contributed by atoms with Gasteiger partial charge in [-0.2, -0.15) is 0 Å². The van der Waals surface area contributed by atoms with E-state index < -0.39 is 6.04 Å². The van der Waals surface area contributed by atoms with Gasteiger partial charge in [0, 0.05) is 25.2 Å². The highest BCUT2D eigenvalue weighted by atomic mass is 35.5. The molecule has 0 saturated heterocycles. The lowest BCUT2D eigenvalue weighted by Gasteiger charge is -2.17. The third-order valence-corrected chi connectivity index (χ3v) is 4.69. The van der Waals surface area contributed by atoms with E-state index in [0.29, 0.717) is 25.8 Å². The summed E-state index contributed by atoms with van der Waals surface area (Å²) in [5.74, 6) is -0.0643. The number of carbonyl (C=O) groups excluding carboxylic acids is 2. The van der Waals surface area contributed by atoms with Crippen LogP contribution in [-0.4, -0.2) is 30.9 Å². The first kappa shape index (κ1) is 20.9. The van der Waals surface area contributed by atoms with Crippen molar-refractivity contribution in [3.8, 4) is 0 Å². The molecule has 0 aliphatic carbocycles. The third-order valence-electron chi connectivity index (χ3n) is 4.69. The number of nitrogens with zero attached hydrogens (tertiary/aromatic N) is 1. The molecule has 0 fully saturated rings. The van der Waals surface area contributed by atoms with Crippen LogP contribution in [0.15, 0.2) is 54.6 Å². The molecule has 0 spiro atoms. The van der Waals surface area contributed by atoms with Crippen LogP contribution in [-0.2, 0) is 22.4 Å². The van der Waals surface area contributed by atoms with Gasteiger partial charge in [-0.05, 0) is 36.5 Å². The molecule has 0 aromatic heterocycles. The molecule has 1 heterocycles. The van der Waals surface area contributed by atoms with Gasteiger partial charge < -0.3 is 16.0 Å². The molecule has 2 amide bonds. The fraction of sp³-hybridized carbons (Fsp3) is 0.333. The van der Waals surface area contributed by atoms with Crippen LogP contribution in [0.3, 0.4) is 0 Å². The zero-order valence-electron chi connectivity index (χ0n) is 15.3. The van der Waals surface area contributed by atoms with Crippen LogP contribution >= 0.6 is 12.4 Å². The van der Waals surface area contributed by atoms with Crippen LogP contribution in [0, 0.1) is 0 Å². The van der Waals surface area contributed by atoms with Crippen LogP contribution < -0.4 is 16.0 Å². The first-order valence-electron chi connectivity index (χ1n) is 9.10. The van der Waals surface area contributed by atoms with Gasteiger partial charge in [-0.25, -0.2) is 0 Å². The summed E-state index contributed by atoms with van der Waals surface area (Å²) in [6.07, 6.45) is 2.45. The number of fused-ring (bicyclic) bond motifs is 1. The Kier molecular flexibility index (Phi) is 7.82. The first-order valence-corrected chi connectivity index (χ1v) is 9.10. The molecule has 3 rings (SSSR count). The largest absolute Gasteiger partial charge is 0.355 e. The molecule has 2 aromatic rings. The molecule has 27 heavy (non-hydrogen) atoms. The fourth-order valence-corrected chi connectivity index (χ4v) is 3.28. The number of benzene rings is 2. The van der Waals surface area contributed by atoms with Crippen molar-refractivity contribution in [2.45, 2.75) is 31.7 Å². The van der Waals surface area contributed by atoms with E-state index in [-0.39, 0.29) is 24.2 Å². The minimum Gasteiger partial charge on any atom is -0.355 e. The van der Waals surface area contributed by atoms with Crippen molar-refractivity contribution in [2.75, 3.05) is 18.0 Å². The van der Waals surface area contributed by atoms with Crippen molar-refractivity contribution >= 4 is 29.9 Å². The fourth-order valence-electron chi connectivity index (χ4n) is 3.28. The summed E-state index contributed by atoms with van der Waals surface area (Å²) in [7, 11) is 0. The maximum absolute atomic E-state index is 12.4. The summed E-state index contributed by atoms with van der Waals surface area (Å²) >= 11 is 0. The quantitative estimate of drug-likeness (QED) is 0.716. The highest BCUT2D eigenvalue weighted by Crippen LogP contribution is 2.27. The van der Waals surface area contributed by atoms with Gasteiger partial charge >= 0.3 is 0 Å². The number of hydrogen-bond acceptors (Lipinski definition) is 3. The maximum Gasteiger partial charge on any atom is 0.237 e. The zero-order chi connectivity index (χ0) is 18.4. The number of rotatable bonds is 7. The lowest BCUT2D eigenvalue weighted by atomic mass is 10.1. The number of halogens is 1. The predicted molar refractivity (Wildman–Crippen MR) is 110 cm³/mol. The van der Waals surface area contributed by atoms with Crippen molar-refractivity contribution in [3.05, 3.63) is 65.7 Å². The maximum atomic E-state index is 12.4. The van der Waals surface area contributed by atoms with Crippen molar-refractivity contribution in [2.24, 2.45) is 5.73 Å². The predicted octanol–water partition coefficient (Wildman–Crippen LogP) is 2.46. The molecule has 5 nitrogen and oxygen atoms in total. The number of amides is 2. The Balaban J connectivity index is 0.00000261. The summed E-state index contributed by atoms with van der Waals surface area (Å²) in [5.41, 5.74) is 9.24. The molecule has 0 unspecified atom stereocenters. The Hall–Kier alpha value is -2.37. The van der Waals surface area contributed by atoms with Gasteiger partial charge in [0.2, 0.25) is 11.8 Å². The molecule has 3 N–H and O–H groups in total. The second-order valence-corrected chi connectivity index (χ2v) is 6.61. The summed E-state index contributed by atoms with van der Waals surface area (Å²) in [6.45, 7) is 1.20. The van der Waals surface area contributed by atoms with E-state index in [1.165, 1.54) is 5.56 Å². The van der Waals surface area contributed by atoms with E-state index in [2.05, 4.69) is 11.4 Å². The van der Waals surface area contributed by atoms with E-state index in [1.807, 2.05) is 53.4 Å². The Bertz CT molecular complexity index is 767. The number of carbonyl (C=O) groups is 2. The molecular formula is C21H26ClN3O2. The molecule has 6 heteroatoms. The Morgan fingerprint density at radius 1 is 1.07 bits per heavy atom. The summed E-state index contributed by atoms with van der Waals surface area (Å²) < 4.78 is 0. The molecule has 1 atom stereocenters. The Morgan fingerprint density at radius 2 is 1.78 bits per heavy atom. The highest BCUT2D eigenvalue weighted by Gasteiger charge is 2.23. The van der Waals surface area contributed by atoms with E-state index in [0.717, 1.165) is 24.2 Å². The van der Waals surface area contributed by atoms with Gasteiger partial charge in [-0.15, -0.1) is 12.4 Å². The van der Waals surface area contributed by atoms with Gasteiger partial charge in [0.05, 0.1) is 6.04 Å². The van der Waals surface area contributed by atoms with Crippen molar-refractivity contribution in [3.63, 3.8) is 0 Å². The molecular weight excluding hydrogens is 362 g/mol. The van der Waals surface area contributed by atoms with E-state index in [4.69, 9.17) is 5.73 Å². The number of nitrogens with one attached hydrogen (secondary N) is 1. The number of hydrogen-bond donors (Lipinski definition) is 2. The highest BCUT2D eigenvalue weighted by molar-refractivity contribution is 5.95. The number of para-hydroxylation sites is 1. The minimum atomic E-state index is -0.571. The zero-order valence-corrected chi connectivity index (χ0v) is 16.1. The SMILES string of the molecule is Cl.N[C@@H](Cc1ccccc1)C(=O)NCCCC(=O)N1CCc2ccccc21. The molecule has 0 saturated carbocycles. The molecule has 144 valence electrons. The normalized spacial score (nSPS) is 13.4. The third kappa shape index (κ3) is 5.55. The number of anilines is 1. The van der Waals surface area contributed by atoms with Gasteiger partial charge in [0.25, 0.3) is 0 Å². The number of nitrogens with two attached hydrogens (primary N) is 1. The van der Waals surface area contributed by atoms with Gasteiger partial charge in [-0.3, -0.25) is 9.59 Å². The Labute approximate surface area is 166 Å². The van der Waals surface area contributed by atoms with Crippen LogP contribution in [0.5, 0.6) is 0 Å². The second-order valence-electron chi connectivity index (χ2n) is 6.61. The lowest BCUT2D eigenvalue weighted by Crippen LogP contribution is -2.42. The van der Waals surface area contributed by atoms with E-state index in [9.17, 15) is 9.59 Å². The van der Waals surface area contributed by atoms with Gasteiger partial charge in [-0.1, -0.05) is 48.5 Å². The van der Waals surface area contributed by atoms with Crippen LogP contribution in [0.2, 0.25) is 0 Å². The average molecular weight is 388 g/mol. The smallest absolute Gasteiger partial charge is 0.237 e. The van der Waals surface area contributed by atoms with Gasteiger partial charge in [0.1, 0.15) is 0 Å². The van der Waals surface area contributed by atoms with Crippen LogP contribution in [0.4, 0.5) is 5.69 Å². The molecule has 1 aliphatic heterocycles. The Morgan fingerprint density at radius 3 is 2.56 bits per heavy atom. The molecule has 0 radical (unpaired) electrons. The molecule has 0 bridgehead atoms. The second kappa shape index (κ2) is 10.1. The van der Waals surface area contributed by atoms with E-state index >= 15 is 0 Å². The van der Waals surface area contributed by atoms with Crippen molar-refractivity contribution in [1.82, 2.24) is 5.32 Å². The van der Waals surface area contributed by atoms with Gasteiger partial charge in [0.15, 0.2) is 0 Å². The monoisotopic (exact) mass is 387 g/mol. The molecule has 2 aromatic carbocycles. The van der Waals surface area contributed by atoms with Crippen molar-refractivity contribution in [1.29, 1.82) is 0 Å². The van der Waals surface area contributed by atoms with Crippen LogP contribution in [0.1, 0.15) is 24.0 Å². The van der Waals surface area contributed by atoms with E-state index in [1.54, 1.807) is 0 Å². The topological polar surface area (TPSA) is 75.4 Å². The standard InChI is InChI=1S/C21H25N3O2.ClH/c22-18(15-16-7-2-1-3-8-16)21(26)23-13-6-11-20(25)24-14-12-17-9-4-5-10-19(17)24;/h1-5,7-10,18H,6,11-15,22H2,(H,23,26);1H/t18-;/m0./s1. The summed E-state index contributed by atoms with van der Waals surface area (Å²) in [5, 5.41) is 2.83. The average Bonchev–Trinajstić information content (AvgIpc) is 3.10.